The average Bonchev–Trinajstić information content (AvgIpc) is 3.21. The third-order valence-electron chi connectivity index (χ3n) is 5.24. The van der Waals surface area contributed by atoms with Crippen molar-refractivity contribution < 1.29 is 22.4 Å². The standard InChI is InChI=1S/C26H23N3O5S/c1-17-15-23(18(2)34-17)26(31)28-27-25(30)20-11-8-12-21(16-20)35(32,33)29-24-14-7-6-13-22(24)19-9-4-3-5-10-19/h3-16,29H,1-2H3,(H,27,30)(H,28,31). The Morgan fingerprint density at radius 1 is 0.771 bits per heavy atom. The van der Waals surface area contributed by atoms with Gasteiger partial charge in [0.25, 0.3) is 21.8 Å². The number of carbonyl (C=O) groups is 2. The van der Waals surface area contributed by atoms with Gasteiger partial charge >= 0.3 is 0 Å². The highest BCUT2D eigenvalue weighted by atomic mass is 32.2. The fourth-order valence-corrected chi connectivity index (χ4v) is 4.68. The zero-order valence-electron chi connectivity index (χ0n) is 19.0. The number of aryl methyl sites for hydroxylation is 2. The van der Waals surface area contributed by atoms with Gasteiger partial charge in [0.05, 0.1) is 16.1 Å². The molecule has 0 unspecified atom stereocenters. The van der Waals surface area contributed by atoms with Gasteiger partial charge in [0, 0.05) is 11.1 Å². The molecule has 1 heterocycles. The van der Waals surface area contributed by atoms with E-state index < -0.39 is 21.8 Å². The predicted molar refractivity (Wildman–Crippen MR) is 132 cm³/mol. The second-order valence-corrected chi connectivity index (χ2v) is 9.46. The number of amides is 2. The van der Waals surface area contributed by atoms with Crippen molar-refractivity contribution in [1.29, 1.82) is 0 Å². The number of furan rings is 1. The van der Waals surface area contributed by atoms with Gasteiger partial charge in [0.15, 0.2) is 0 Å². The molecule has 1 aromatic heterocycles. The molecule has 0 saturated carbocycles. The quantitative estimate of drug-likeness (QED) is 0.346. The molecule has 0 aliphatic rings. The van der Waals surface area contributed by atoms with Crippen LogP contribution in [0.1, 0.15) is 32.2 Å². The summed E-state index contributed by atoms with van der Waals surface area (Å²) in [6.07, 6.45) is 0. The molecular weight excluding hydrogens is 466 g/mol. The van der Waals surface area contributed by atoms with Crippen LogP contribution < -0.4 is 15.6 Å². The van der Waals surface area contributed by atoms with Crippen LogP contribution in [0.15, 0.2) is 94.2 Å². The summed E-state index contributed by atoms with van der Waals surface area (Å²) >= 11 is 0. The van der Waals surface area contributed by atoms with Gasteiger partial charge < -0.3 is 4.42 Å². The number of rotatable bonds is 6. The molecule has 0 fully saturated rings. The molecule has 0 saturated heterocycles. The lowest BCUT2D eigenvalue weighted by Gasteiger charge is -2.13. The number of nitrogens with one attached hydrogen (secondary N) is 3. The molecule has 0 aliphatic heterocycles. The molecule has 0 spiro atoms. The van der Waals surface area contributed by atoms with Crippen LogP contribution in [0.25, 0.3) is 11.1 Å². The molecule has 2 amide bonds. The lowest BCUT2D eigenvalue weighted by Crippen LogP contribution is -2.41. The van der Waals surface area contributed by atoms with Crippen molar-refractivity contribution in [3.8, 4) is 11.1 Å². The van der Waals surface area contributed by atoms with Crippen LogP contribution in [0.2, 0.25) is 0 Å². The summed E-state index contributed by atoms with van der Waals surface area (Å²) in [5, 5.41) is 0. The largest absolute Gasteiger partial charge is 0.466 e. The van der Waals surface area contributed by atoms with Crippen LogP contribution in [-0.2, 0) is 10.0 Å². The van der Waals surface area contributed by atoms with Crippen LogP contribution in [-0.4, -0.2) is 20.2 Å². The molecule has 8 nitrogen and oxygen atoms in total. The second-order valence-electron chi connectivity index (χ2n) is 7.78. The van der Waals surface area contributed by atoms with Gasteiger partial charge in [-0.1, -0.05) is 54.6 Å². The van der Waals surface area contributed by atoms with Crippen LogP contribution in [0.5, 0.6) is 0 Å². The molecule has 3 N–H and O–H groups in total. The van der Waals surface area contributed by atoms with Gasteiger partial charge in [-0.05, 0) is 49.7 Å². The molecule has 178 valence electrons. The lowest BCUT2D eigenvalue weighted by atomic mass is 10.0. The summed E-state index contributed by atoms with van der Waals surface area (Å²) < 4.78 is 34.2. The minimum atomic E-state index is -4.01. The van der Waals surface area contributed by atoms with Gasteiger partial charge in [-0.25, -0.2) is 8.42 Å². The van der Waals surface area contributed by atoms with E-state index in [0.29, 0.717) is 22.8 Å². The zero-order chi connectivity index (χ0) is 25.0. The van der Waals surface area contributed by atoms with E-state index in [4.69, 9.17) is 4.42 Å². The van der Waals surface area contributed by atoms with Gasteiger partial charge in [-0.15, -0.1) is 0 Å². The second kappa shape index (κ2) is 9.86. The maximum absolute atomic E-state index is 13.1. The third-order valence-corrected chi connectivity index (χ3v) is 6.60. The molecule has 35 heavy (non-hydrogen) atoms. The summed E-state index contributed by atoms with van der Waals surface area (Å²) in [5.74, 6) is -0.226. The molecule has 4 aromatic rings. The summed E-state index contributed by atoms with van der Waals surface area (Å²) in [6, 6.07) is 23.5. The Hall–Kier alpha value is -4.37. The van der Waals surface area contributed by atoms with Crippen LogP contribution >= 0.6 is 0 Å². The van der Waals surface area contributed by atoms with Crippen molar-refractivity contribution in [3.63, 3.8) is 0 Å². The molecule has 0 radical (unpaired) electrons. The first-order valence-electron chi connectivity index (χ1n) is 10.7. The van der Waals surface area contributed by atoms with Crippen LogP contribution in [0, 0.1) is 13.8 Å². The van der Waals surface area contributed by atoms with Crippen molar-refractivity contribution in [3.05, 3.63) is 108 Å². The van der Waals surface area contributed by atoms with Crippen molar-refractivity contribution in [1.82, 2.24) is 10.9 Å². The molecule has 0 atom stereocenters. The molecule has 9 heteroatoms. The highest BCUT2D eigenvalue weighted by Crippen LogP contribution is 2.29. The number of hydrogen-bond donors (Lipinski definition) is 3. The SMILES string of the molecule is Cc1cc(C(=O)NNC(=O)c2cccc(S(=O)(=O)Nc3ccccc3-c3ccccc3)c2)c(C)o1. The summed E-state index contributed by atoms with van der Waals surface area (Å²) in [4.78, 5) is 24.8. The summed E-state index contributed by atoms with van der Waals surface area (Å²) in [7, 11) is -4.01. The van der Waals surface area contributed by atoms with Crippen LogP contribution in [0.3, 0.4) is 0 Å². The van der Waals surface area contributed by atoms with E-state index in [9.17, 15) is 18.0 Å². The van der Waals surface area contributed by atoms with E-state index in [0.717, 1.165) is 11.1 Å². The molecular formula is C26H23N3O5S. The van der Waals surface area contributed by atoms with Gasteiger partial charge in [-0.3, -0.25) is 25.2 Å². The van der Waals surface area contributed by atoms with Gasteiger partial charge in [0.1, 0.15) is 11.5 Å². The zero-order valence-corrected chi connectivity index (χ0v) is 19.8. The Balaban J connectivity index is 1.51. The van der Waals surface area contributed by atoms with Crippen LogP contribution in [0.4, 0.5) is 5.69 Å². The maximum Gasteiger partial charge on any atom is 0.273 e. The number of anilines is 1. The Labute approximate surface area is 203 Å². The van der Waals surface area contributed by atoms with Crippen molar-refractivity contribution in [2.45, 2.75) is 18.7 Å². The molecule has 4 rings (SSSR count). The fourth-order valence-electron chi connectivity index (χ4n) is 3.56. The first kappa shape index (κ1) is 23.8. The number of carbonyl (C=O) groups excluding carboxylic acids is 2. The molecule has 0 aliphatic carbocycles. The highest BCUT2D eigenvalue weighted by molar-refractivity contribution is 7.92. The third kappa shape index (κ3) is 5.42. The van der Waals surface area contributed by atoms with E-state index in [1.54, 1.807) is 32.0 Å². The minimum absolute atomic E-state index is 0.0598. The number of sulfonamides is 1. The van der Waals surface area contributed by atoms with Crippen molar-refractivity contribution in [2.24, 2.45) is 0 Å². The minimum Gasteiger partial charge on any atom is -0.466 e. The predicted octanol–water partition coefficient (Wildman–Crippen LogP) is 4.44. The normalized spacial score (nSPS) is 11.0. The fraction of sp³-hybridized carbons (Fsp3) is 0.0769. The Bertz CT molecular complexity index is 1490. The van der Waals surface area contributed by atoms with Crippen molar-refractivity contribution in [2.75, 3.05) is 4.72 Å². The van der Waals surface area contributed by atoms with E-state index in [1.807, 2.05) is 42.5 Å². The number of hydrazine groups is 1. The first-order valence-corrected chi connectivity index (χ1v) is 12.2. The number of benzene rings is 3. The summed E-state index contributed by atoms with van der Waals surface area (Å²) in [6.45, 7) is 3.35. The summed E-state index contributed by atoms with van der Waals surface area (Å²) in [5.41, 5.74) is 6.95. The van der Waals surface area contributed by atoms with E-state index in [-0.39, 0.29) is 10.5 Å². The lowest BCUT2D eigenvalue weighted by molar-refractivity contribution is 0.0845. The Morgan fingerprint density at radius 3 is 2.17 bits per heavy atom. The topological polar surface area (TPSA) is 118 Å². The number of para-hydroxylation sites is 1. The van der Waals surface area contributed by atoms with Gasteiger partial charge in [-0.2, -0.15) is 0 Å². The molecule has 3 aromatic carbocycles. The highest BCUT2D eigenvalue weighted by Gasteiger charge is 2.19. The first-order chi connectivity index (χ1) is 16.7. The van der Waals surface area contributed by atoms with E-state index >= 15 is 0 Å². The monoisotopic (exact) mass is 489 g/mol. The van der Waals surface area contributed by atoms with E-state index in [2.05, 4.69) is 15.6 Å². The smallest absolute Gasteiger partial charge is 0.273 e. The Morgan fingerprint density at radius 2 is 1.46 bits per heavy atom. The average molecular weight is 490 g/mol. The Kier molecular flexibility index (Phi) is 6.70. The van der Waals surface area contributed by atoms with Gasteiger partial charge in [0.2, 0.25) is 0 Å². The maximum atomic E-state index is 13.1. The number of hydrogen-bond acceptors (Lipinski definition) is 5. The molecule has 0 bridgehead atoms. The van der Waals surface area contributed by atoms with Crippen molar-refractivity contribution >= 4 is 27.5 Å². The van der Waals surface area contributed by atoms with E-state index in [1.165, 1.54) is 24.3 Å².